The second-order valence-electron chi connectivity index (χ2n) is 7.02. The van der Waals surface area contributed by atoms with Crippen LogP contribution < -0.4 is 5.32 Å². The number of nitrogens with one attached hydrogen (secondary N) is 2. The lowest BCUT2D eigenvalue weighted by molar-refractivity contribution is 0.0773. The van der Waals surface area contributed by atoms with Crippen molar-refractivity contribution >= 4 is 18.3 Å². The zero-order chi connectivity index (χ0) is 17.9. The molecule has 0 bridgehead atoms. The van der Waals surface area contributed by atoms with Crippen molar-refractivity contribution in [3.63, 3.8) is 0 Å². The summed E-state index contributed by atoms with van der Waals surface area (Å²) in [5.41, 5.74) is 1.67. The van der Waals surface area contributed by atoms with E-state index < -0.39 is 0 Å². The van der Waals surface area contributed by atoms with Crippen LogP contribution in [0.4, 0.5) is 0 Å². The van der Waals surface area contributed by atoms with Gasteiger partial charge in [-0.25, -0.2) is 4.98 Å². The maximum Gasteiger partial charge on any atom is 0.253 e. The van der Waals surface area contributed by atoms with Crippen LogP contribution in [0.5, 0.6) is 0 Å². The van der Waals surface area contributed by atoms with Gasteiger partial charge < -0.3 is 10.2 Å². The molecule has 1 unspecified atom stereocenters. The number of nitrogens with zero attached hydrogens (tertiary/aromatic N) is 4. The predicted octanol–water partition coefficient (Wildman–Crippen LogP) is 1.58. The summed E-state index contributed by atoms with van der Waals surface area (Å²) in [4.78, 5) is 21.8. The topological polar surface area (TPSA) is 77.2 Å². The second kappa shape index (κ2) is 8.82. The summed E-state index contributed by atoms with van der Waals surface area (Å²) in [5.74, 6) is 1.68. The molecule has 0 spiro atoms. The molecule has 1 aromatic carbocycles. The van der Waals surface area contributed by atoms with E-state index in [0.717, 1.165) is 69.1 Å². The Balaban J connectivity index is 0.00000210. The first-order valence-electron chi connectivity index (χ1n) is 9.50. The van der Waals surface area contributed by atoms with E-state index in [1.807, 2.05) is 36.1 Å². The molecular formula is C19H27ClN6O. The standard InChI is InChI=1S/C19H26N6O.ClH/c1-2-17-21-18(23-22-17)14-3-5-15(6-4-14)19(26)25-10-7-16(13-25)24-11-8-20-9-12-24;/h3-6,16,20H,2,7-13H2,1H3,(H,21,22,23);1H. The molecule has 4 rings (SSSR count). The average Bonchev–Trinajstić information content (AvgIpc) is 3.38. The summed E-state index contributed by atoms with van der Waals surface area (Å²) >= 11 is 0. The predicted molar refractivity (Wildman–Crippen MR) is 107 cm³/mol. The Hall–Kier alpha value is -1.96. The maximum atomic E-state index is 12.8. The number of hydrogen-bond donors (Lipinski definition) is 2. The Morgan fingerprint density at radius 2 is 1.93 bits per heavy atom. The fourth-order valence-corrected chi connectivity index (χ4v) is 3.80. The van der Waals surface area contributed by atoms with Crippen LogP contribution in [0.2, 0.25) is 0 Å². The maximum absolute atomic E-state index is 12.8. The molecule has 1 atom stereocenters. The van der Waals surface area contributed by atoms with Crippen LogP contribution in [0.3, 0.4) is 0 Å². The van der Waals surface area contributed by atoms with Gasteiger partial charge in [0.15, 0.2) is 5.82 Å². The van der Waals surface area contributed by atoms with Crippen LogP contribution in [0, 0.1) is 0 Å². The molecule has 2 aliphatic heterocycles. The van der Waals surface area contributed by atoms with Crippen molar-refractivity contribution in [3.8, 4) is 11.4 Å². The molecule has 1 amide bonds. The molecule has 2 aliphatic rings. The number of aromatic nitrogens is 3. The number of hydrogen-bond acceptors (Lipinski definition) is 5. The van der Waals surface area contributed by atoms with Crippen molar-refractivity contribution in [2.24, 2.45) is 0 Å². The van der Waals surface area contributed by atoms with Crippen LogP contribution >= 0.6 is 12.4 Å². The fourth-order valence-electron chi connectivity index (χ4n) is 3.80. The smallest absolute Gasteiger partial charge is 0.253 e. The SMILES string of the molecule is CCc1nc(-c2ccc(C(=O)N3CCC(N4CCNCC4)C3)cc2)n[nH]1.Cl. The first-order valence-corrected chi connectivity index (χ1v) is 9.50. The van der Waals surface area contributed by atoms with Gasteiger partial charge in [0.1, 0.15) is 5.82 Å². The number of rotatable bonds is 4. The van der Waals surface area contributed by atoms with Gasteiger partial charge >= 0.3 is 0 Å². The minimum absolute atomic E-state index is 0. The lowest BCUT2D eigenvalue weighted by Gasteiger charge is -2.32. The van der Waals surface area contributed by atoms with E-state index >= 15 is 0 Å². The van der Waals surface area contributed by atoms with E-state index in [2.05, 4.69) is 25.4 Å². The van der Waals surface area contributed by atoms with Gasteiger partial charge in [0.2, 0.25) is 0 Å². The minimum Gasteiger partial charge on any atom is -0.337 e. The molecular weight excluding hydrogens is 364 g/mol. The number of carbonyl (C=O) groups is 1. The van der Waals surface area contributed by atoms with Gasteiger partial charge in [0.25, 0.3) is 5.91 Å². The molecule has 146 valence electrons. The summed E-state index contributed by atoms with van der Waals surface area (Å²) in [5, 5.41) is 10.5. The van der Waals surface area contributed by atoms with Gasteiger partial charge in [-0.15, -0.1) is 12.4 Å². The Labute approximate surface area is 165 Å². The zero-order valence-electron chi connectivity index (χ0n) is 15.6. The van der Waals surface area contributed by atoms with Crippen LogP contribution in [-0.2, 0) is 6.42 Å². The number of halogens is 1. The highest BCUT2D eigenvalue weighted by Crippen LogP contribution is 2.21. The third kappa shape index (κ3) is 4.31. The van der Waals surface area contributed by atoms with Crippen LogP contribution in [-0.4, -0.2) is 76.2 Å². The summed E-state index contributed by atoms with van der Waals surface area (Å²) < 4.78 is 0. The van der Waals surface area contributed by atoms with Gasteiger partial charge in [-0.05, 0) is 18.6 Å². The molecule has 7 nitrogen and oxygen atoms in total. The second-order valence-corrected chi connectivity index (χ2v) is 7.02. The van der Waals surface area contributed by atoms with Gasteiger partial charge in [-0.1, -0.05) is 19.1 Å². The van der Waals surface area contributed by atoms with Crippen molar-refractivity contribution in [2.45, 2.75) is 25.8 Å². The molecule has 27 heavy (non-hydrogen) atoms. The number of benzene rings is 1. The zero-order valence-corrected chi connectivity index (χ0v) is 16.5. The molecule has 3 heterocycles. The van der Waals surface area contributed by atoms with Crippen LogP contribution in [0.1, 0.15) is 29.5 Å². The first-order chi connectivity index (χ1) is 12.7. The fraction of sp³-hybridized carbons (Fsp3) is 0.526. The molecule has 8 heteroatoms. The molecule has 2 saturated heterocycles. The lowest BCUT2D eigenvalue weighted by atomic mass is 10.1. The molecule has 2 aromatic rings. The molecule has 2 fully saturated rings. The van der Waals surface area contributed by atoms with E-state index in [1.165, 1.54) is 0 Å². The number of amides is 1. The van der Waals surface area contributed by atoms with Crippen molar-refractivity contribution in [3.05, 3.63) is 35.7 Å². The molecule has 1 aromatic heterocycles. The average molecular weight is 391 g/mol. The van der Waals surface area contributed by atoms with Crippen molar-refractivity contribution < 1.29 is 4.79 Å². The normalized spacial score (nSPS) is 20.5. The number of aryl methyl sites for hydroxylation is 1. The summed E-state index contributed by atoms with van der Waals surface area (Å²) in [6.45, 7) is 7.97. The Bertz CT molecular complexity index is 756. The van der Waals surface area contributed by atoms with Gasteiger partial charge in [0, 0.05) is 62.9 Å². The molecule has 0 saturated carbocycles. The van der Waals surface area contributed by atoms with Crippen molar-refractivity contribution in [2.75, 3.05) is 39.3 Å². The highest BCUT2D eigenvalue weighted by molar-refractivity contribution is 5.94. The molecule has 0 aliphatic carbocycles. The summed E-state index contributed by atoms with van der Waals surface area (Å²) in [6.07, 6.45) is 1.90. The quantitative estimate of drug-likeness (QED) is 0.828. The number of carbonyl (C=O) groups excluding carboxylic acids is 1. The summed E-state index contributed by atoms with van der Waals surface area (Å²) in [6, 6.07) is 8.13. The minimum atomic E-state index is 0. The Morgan fingerprint density at radius 3 is 2.59 bits per heavy atom. The highest BCUT2D eigenvalue weighted by Gasteiger charge is 2.31. The molecule has 0 radical (unpaired) electrons. The Morgan fingerprint density at radius 1 is 1.19 bits per heavy atom. The molecule has 2 N–H and O–H groups in total. The first kappa shape index (κ1) is 19.8. The summed E-state index contributed by atoms with van der Waals surface area (Å²) in [7, 11) is 0. The van der Waals surface area contributed by atoms with E-state index in [4.69, 9.17) is 0 Å². The van der Waals surface area contributed by atoms with Gasteiger partial charge in [0.05, 0.1) is 0 Å². The van der Waals surface area contributed by atoms with Crippen LogP contribution in [0.25, 0.3) is 11.4 Å². The number of likely N-dealkylation sites (tertiary alicyclic amines) is 1. The number of piperazine rings is 1. The van der Waals surface area contributed by atoms with E-state index in [1.54, 1.807) is 0 Å². The highest BCUT2D eigenvalue weighted by atomic mass is 35.5. The third-order valence-corrected chi connectivity index (χ3v) is 5.38. The third-order valence-electron chi connectivity index (χ3n) is 5.38. The largest absolute Gasteiger partial charge is 0.337 e. The van der Waals surface area contributed by atoms with E-state index in [9.17, 15) is 4.79 Å². The van der Waals surface area contributed by atoms with Gasteiger partial charge in [-0.3, -0.25) is 14.8 Å². The number of aromatic amines is 1. The lowest BCUT2D eigenvalue weighted by Crippen LogP contribution is -2.49. The van der Waals surface area contributed by atoms with Crippen molar-refractivity contribution in [1.29, 1.82) is 0 Å². The van der Waals surface area contributed by atoms with E-state index in [-0.39, 0.29) is 18.3 Å². The Kier molecular flexibility index (Phi) is 6.46. The number of H-pyrrole nitrogens is 1. The monoisotopic (exact) mass is 390 g/mol. The van der Waals surface area contributed by atoms with E-state index in [0.29, 0.717) is 11.9 Å². The van der Waals surface area contributed by atoms with Crippen molar-refractivity contribution in [1.82, 2.24) is 30.3 Å². The van der Waals surface area contributed by atoms with Gasteiger partial charge in [-0.2, -0.15) is 5.10 Å². The van der Waals surface area contributed by atoms with Crippen LogP contribution in [0.15, 0.2) is 24.3 Å².